The molecule has 0 aliphatic rings. The van der Waals surface area contributed by atoms with E-state index in [0.29, 0.717) is 0 Å². The quantitative estimate of drug-likeness (QED) is 0.528. The van der Waals surface area contributed by atoms with Crippen molar-refractivity contribution < 1.29 is 52.0 Å². The fraction of sp³-hybridized carbons (Fsp3) is 0. The summed E-state index contributed by atoms with van der Waals surface area (Å²) in [7, 11) is 0. The monoisotopic (exact) mass is 414 g/mol. The van der Waals surface area contributed by atoms with Gasteiger partial charge in [-0.2, -0.15) is 0 Å². The number of rotatable bonds is 0. The Labute approximate surface area is 100 Å². The zero-order chi connectivity index (χ0) is 0. The van der Waals surface area contributed by atoms with Crippen LogP contribution in [0.2, 0.25) is 0 Å². The molecule has 0 amide bonds. The van der Waals surface area contributed by atoms with Gasteiger partial charge in [-0.1, -0.05) is 0 Å². The Morgan fingerprint density at radius 2 is 0.500 bits per heavy atom. The van der Waals surface area contributed by atoms with Crippen molar-refractivity contribution in [3.05, 3.63) is 0 Å². The molecule has 0 saturated heterocycles. The molecule has 0 N–H and O–H groups in total. The minimum Gasteiger partial charge on any atom is -0.147 e. The van der Waals surface area contributed by atoms with Crippen molar-refractivity contribution in [2.75, 3.05) is 0 Å². The average molecular weight is 416 g/mol. The molecule has 0 atom stereocenters. The van der Waals surface area contributed by atoms with Crippen molar-refractivity contribution in [2.45, 2.75) is 0 Å². The topological polar surface area (TPSA) is 0 Å². The summed E-state index contributed by atoms with van der Waals surface area (Å²) in [5, 5.41) is 0. The van der Waals surface area contributed by atoms with Crippen molar-refractivity contribution in [1.29, 1.82) is 0 Å². The fourth-order valence-corrected chi connectivity index (χ4v) is 0. The van der Waals surface area contributed by atoms with Gasteiger partial charge in [0.1, 0.15) is 0 Å². The van der Waals surface area contributed by atoms with Crippen LogP contribution in [0.25, 0.3) is 0 Å². The molecule has 0 spiro atoms. The summed E-state index contributed by atoms with van der Waals surface area (Å²) in [6.07, 6.45) is 0. The van der Waals surface area contributed by atoms with Crippen molar-refractivity contribution in [1.82, 2.24) is 0 Å². The molecule has 0 fully saturated rings. The van der Waals surface area contributed by atoms with Gasteiger partial charge in [-0.25, -0.2) is 0 Å². The van der Waals surface area contributed by atoms with Crippen LogP contribution >= 0.6 is 49.6 Å². The van der Waals surface area contributed by atoms with Crippen molar-refractivity contribution in [3.63, 3.8) is 0 Å². The van der Waals surface area contributed by atoms with E-state index in [1.807, 2.05) is 0 Å². The van der Waals surface area contributed by atoms with Crippen LogP contribution in [0, 0.1) is 0 Å². The van der Waals surface area contributed by atoms with E-state index in [4.69, 9.17) is 0 Å². The third kappa shape index (κ3) is 28.5. The minimum absolute atomic E-state index is 0. The van der Waals surface area contributed by atoms with E-state index in [2.05, 4.69) is 0 Å². The second-order valence-corrected chi connectivity index (χ2v) is 0. The Bertz CT molecular complexity index is 7.51. The summed E-state index contributed by atoms with van der Waals surface area (Å²) in [4.78, 5) is 0. The van der Waals surface area contributed by atoms with E-state index < -0.39 is 0 Å². The number of hydrogen-bond acceptors (Lipinski definition) is 0. The summed E-state index contributed by atoms with van der Waals surface area (Å²) >= 11 is 0. The summed E-state index contributed by atoms with van der Waals surface area (Å²) < 4.78 is 0. The first-order valence-corrected chi connectivity index (χ1v) is 0. The first kappa shape index (κ1) is 65.8. The number of hydrogen-bond donors (Lipinski definition) is 0. The Balaban J connectivity index is 0. The molecule has 6 heteroatoms. The van der Waals surface area contributed by atoms with Gasteiger partial charge >= 0.3 is 0 Å². The Kier molecular flexibility index (Phi) is 488. The molecule has 0 aliphatic heterocycles. The fourth-order valence-electron chi connectivity index (χ4n) is 0. The van der Waals surface area contributed by atoms with E-state index in [-0.39, 0.29) is 102 Å². The maximum Gasteiger partial charge on any atom is 0 e. The van der Waals surface area contributed by atoms with Crippen LogP contribution in [0.3, 0.4) is 0 Å². The van der Waals surface area contributed by atoms with Crippen molar-refractivity contribution in [2.24, 2.45) is 0 Å². The first-order chi connectivity index (χ1) is 0. The molecule has 0 aromatic carbocycles. The first-order valence-electron chi connectivity index (χ1n) is 0. The minimum atomic E-state index is 0. The predicted octanol–water partition coefficient (Wildman–Crippen LogP) is 1.68. The maximum absolute atomic E-state index is 0. The van der Waals surface area contributed by atoms with Crippen LogP contribution in [-0.4, -0.2) is 0 Å². The predicted molar refractivity (Wildman–Crippen MR) is 29.0 cm³/mol. The molecule has 0 aromatic rings. The van der Waals surface area contributed by atoms with E-state index in [1.165, 1.54) is 0 Å². The number of halogens is 4. The molecular formula is H4Cl4HfZr. The second kappa shape index (κ2) is 44.6. The summed E-state index contributed by atoms with van der Waals surface area (Å²) in [5.74, 6) is 0. The third-order valence-electron chi connectivity index (χ3n) is 0. The SMILES string of the molecule is Cl.Cl.Cl.Cl.[Hf].[Zr]. The molecule has 0 unspecified atom stereocenters. The Hall–Kier alpha value is 2.91. The molecule has 0 saturated carbocycles. The van der Waals surface area contributed by atoms with Crippen molar-refractivity contribution in [3.8, 4) is 0 Å². The summed E-state index contributed by atoms with van der Waals surface area (Å²) in [6, 6.07) is 0. The van der Waals surface area contributed by atoms with Gasteiger partial charge in [0, 0.05) is 52.0 Å². The molecule has 0 radical (unpaired) electrons. The van der Waals surface area contributed by atoms with Crippen LogP contribution in [0.4, 0.5) is 0 Å². The molecule has 6 heavy (non-hydrogen) atoms. The van der Waals surface area contributed by atoms with Crippen LogP contribution in [-0.2, 0) is 52.0 Å². The zero-order valence-electron chi connectivity index (χ0n) is 2.63. The Morgan fingerprint density at radius 3 is 0.500 bits per heavy atom. The molecular weight excluding hydrogens is 412 g/mol. The molecule has 0 heterocycles. The second-order valence-electron chi connectivity index (χ2n) is 0. The van der Waals surface area contributed by atoms with Gasteiger partial charge in [0.25, 0.3) is 0 Å². The molecule has 0 rings (SSSR count). The smallest absolute Gasteiger partial charge is 0 e. The van der Waals surface area contributed by atoms with E-state index >= 15 is 0 Å². The van der Waals surface area contributed by atoms with Gasteiger partial charge in [0.15, 0.2) is 0 Å². The zero-order valence-corrected chi connectivity index (χ0v) is 11.9. The van der Waals surface area contributed by atoms with Crippen LogP contribution in [0.1, 0.15) is 0 Å². The van der Waals surface area contributed by atoms with Gasteiger partial charge in [0.2, 0.25) is 0 Å². The van der Waals surface area contributed by atoms with Gasteiger partial charge < -0.3 is 0 Å². The molecule has 0 bridgehead atoms. The molecule has 0 aromatic heterocycles. The summed E-state index contributed by atoms with van der Waals surface area (Å²) in [6.45, 7) is 0. The normalized spacial score (nSPS) is 0. The Morgan fingerprint density at radius 1 is 0.500 bits per heavy atom. The maximum atomic E-state index is 0. The van der Waals surface area contributed by atoms with Gasteiger partial charge in [0.05, 0.1) is 0 Å². The van der Waals surface area contributed by atoms with Gasteiger partial charge in [-0.05, 0) is 0 Å². The standard InChI is InChI=1S/4ClH.Hf.Zr/h4*1H;;. The van der Waals surface area contributed by atoms with E-state index in [0.717, 1.165) is 0 Å². The van der Waals surface area contributed by atoms with Crippen molar-refractivity contribution >= 4 is 49.6 Å². The molecule has 0 nitrogen and oxygen atoms in total. The van der Waals surface area contributed by atoms with E-state index in [1.54, 1.807) is 0 Å². The largest absolute Gasteiger partial charge is 0.147 e. The van der Waals surface area contributed by atoms with Crippen LogP contribution < -0.4 is 0 Å². The molecule has 40 valence electrons. The summed E-state index contributed by atoms with van der Waals surface area (Å²) in [5.41, 5.74) is 0. The molecule has 0 aliphatic carbocycles. The van der Waals surface area contributed by atoms with Crippen LogP contribution in [0.5, 0.6) is 0 Å². The van der Waals surface area contributed by atoms with Crippen LogP contribution in [0.15, 0.2) is 0 Å². The third-order valence-corrected chi connectivity index (χ3v) is 0. The van der Waals surface area contributed by atoms with Gasteiger partial charge in [-0.15, -0.1) is 49.6 Å². The van der Waals surface area contributed by atoms with E-state index in [9.17, 15) is 0 Å². The van der Waals surface area contributed by atoms with Gasteiger partial charge in [-0.3, -0.25) is 0 Å². The average Bonchev–Trinajstić information content (AvgIpc) is 0.